The van der Waals surface area contributed by atoms with Crippen LogP contribution in [0.1, 0.15) is 31.8 Å². The standard InChI is InChI=1S/C24H21ClFN3O2/c1-29(2)23(27)16-5-3-15(4-6-16)22(30)13-17-7-10-19(26)14-21(17)24(31)28-20-11-8-18(25)9-12-20/h3-12,14,27H,13H2,1-2H3,(H,28,31). The molecule has 7 heteroatoms. The molecule has 3 rings (SSSR count). The van der Waals surface area contributed by atoms with Crippen LogP contribution in [-0.2, 0) is 6.42 Å². The van der Waals surface area contributed by atoms with E-state index in [1.54, 1.807) is 67.5 Å². The van der Waals surface area contributed by atoms with Crippen molar-refractivity contribution in [1.82, 2.24) is 4.90 Å². The molecule has 0 fully saturated rings. The zero-order valence-corrected chi connectivity index (χ0v) is 17.8. The largest absolute Gasteiger partial charge is 0.363 e. The monoisotopic (exact) mass is 437 g/mol. The molecule has 3 aromatic carbocycles. The molecule has 0 aromatic heterocycles. The molecule has 5 nitrogen and oxygen atoms in total. The van der Waals surface area contributed by atoms with Crippen molar-refractivity contribution in [3.8, 4) is 0 Å². The first-order valence-corrected chi connectivity index (χ1v) is 9.87. The van der Waals surface area contributed by atoms with Crippen LogP contribution in [0.5, 0.6) is 0 Å². The lowest BCUT2D eigenvalue weighted by atomic mass is 9.97. The quantitative estimate of drug-likeness (QED) is 0.322. The molecule has 0 heterocycles. The van der Waals surface area contributed by atoms with Crippen molar-refractivity contribution in [2.75, 3.05) is 19.4 Å². The van der Waals surface area contributed by atoms with Crippen molar-refractivity contribution >= 4 is 34.8 Å². The molecule has 31 heavy (non-hydrogen) atoms. The summed E-state index contributed by atoms with van der Waals surface area (Å²) in [5.41, 5.74) is 2.15. The molecule has 0 aliphatic rings. The van der Waals surface area contributed by atoms with Crippen LogP contribution >= 0.6 is 11.6 Å². The fourth-order valence-corrected chi connectivity index (χ4v) is 3.12. The summed E-state index contributed by atoms with van der Waals surface area (Å²) >= 11 is 5.86. The maximum absolute atomic E-state index is 13.8. The van der Waals surface area contributed by atoms with E-state index in [2.05, 4.69) is 5.32 Å². The maximum atomic E-state index is 13.8. The van der Waals surface area contributed by atoms with E-state index in [9.17, 15) is 14.0 Å². The summed E-state index contributed by atoms with van der Waals surface area (Å²) in [5, 5.41) is 11.2. The van der Waals surface area contributed by atoms with E-state index < -0.39 is 11.7 Å². The normalized spacial score (nSPS) is 10.5. The number of ketones is 1. The van der Waals surface area contributed by atoms with Gasteiger partial charge in [0.25, 0.3) is 5.91 Å². The number of amidine groups is 1. The number of halogens is 2. The van der Waals surface area contributed by atoms with Gasteiger partial charge in [-0.05, 0) is 42.0 Å². The van der Waals surface area contributed by atoms with Gasteiger partial charge < -0.3 is 10.2 Å². The first-order chi connectivity index (χ1) is 14.7. The first-order valence-electron chi connectivity index (χ1n) is 9.49. The summed E-state index contributed by atoms with van der Waals surface area (Å²) < 4.78 is 13.8. The van der Waals surface area contributed by atoms with E-state index in [0.717, 1.165) is 6.07 Å². The Bertz CT molecular complexity index is 1130. The number of Topliss-reactive ketones (excluding diaryl/α,β-unsaturated/α-hetero) is 1. The molecule has 1 amide bonds. The Balaban J connectivity index is 1.80. The Hall–Kier alpha value is -3.51. The van der Waals surface area contributed by atoms with Crippen LogP contribution in [0, 0.1) is 11.2 Å². The molecule has 0 unspecified atom stereocenters. The highest BCUT2D eigenvalue weighted by molar-refractivity contribution is 6.30. The second-order valence-corrected chi connectivity index (χ2v) is 7.62. The minimum Gasteiger partial charge on any atom is -0.363 e. The number of anilines is 1. The van der Waals surface area contributed by atoms with Crippen molar-refractivity contribution in [2.45, 2.75) is 6.42 Å². The third kappa shape index (κ3) is 5.55. The van der Waals surface area contributed by atoms with Gasteiger partial charge in [0.15, 0.2) is 5.78 Å². The predicted molar refractivity (Wildman–Crippen MR) is 121 cm³/mol. The van der Waals surface area contributed by atoms with Gasteiger partial charge >= 0.3 is 0 Å². The van der Waals surface area contributed by atoms with Gasteiger partial charge in [0.1, 0.15) is 11.7 Å². The van der Waals surface area contributed by atoms with Gasteiger partial charge in [0.05, 0.1) is 0 Å². The summed E-state index contributed by atoms with van der Waals surface area (Å²) in [4.78, 5) is 27.2. The molecule has 0 aliphatic carbocycles. The molecule has 0 bridgehead atoms. The van der Waals surface area contributed by atoms with E-state index in [4.69, 9.17) is 17.0 Å². The van der Waals surface area contributed by atoms with Gasteiger partial charge in [-0.2, -0.15) is 0 Å². The van der Waals surface area contributed by atoms with E-state index in [-0.39, 0.29) is 17.8 Å². The number of hydrogen-bond donors (Lipinski definition) is 2. The second kappa shape index (κ2) is 9.53. The summed E-state index contributed by atoms with van der Waals surface area (Å²) in [7, 11) is 3.54. The lowest BCUT2D eigenvalue weighted by Crippen LogP contribution is -2.21. The van der Waals surface area contributed by atoms with Crippen molar-refractivity contribution < 1.29 is 14.0 Å². The molecular formula is C24H21ClFN3O2. The molecule has 158 valence electrons. The lowest BCUT2D eigenvalue weighted by molar-refractivity contribution is 0.0992. The summed E-state index contributed by atoms with van der Waals surface area (Å²) in [5.74, 6) is -0.961. The van der Waals surface area contributed by atoms with Crippen LogP contribution in [0.3, 0.4) is 0 Å². The van der Waals surface area contributed by atoms with Gasteiger partial charge in [0.2, 0.25) is 0 Å². The number of benzene rings is 3. The SMILES string of the molecule is CN(C)C(=N)c1ccc(C(=O)Cc2ccc(F)cc2C(=O)Nc2ccc(Cl)cc2)cc1. The Morgan fingerprint density at radius 1 is 0.968 bits per heavy atom. The zero-order chi connectivity index (χ0) is 22.5. The highest BCUT2D eigenvalue weighted by atomic mass is 35.5. The maximum Gasteiger partial charge on any atom is 0.256 e. The minimum atomic E-state index is -0.566. The summed E-state index contributed by atoms with van der Waals surface area (Å²) in [6, 6.07) is 17.0. The minimum absolute atomic E-state index is 0.0614. The molecule has 0 saturated carbocycles. The van der Waals surface area contributed by atoms with Crippen LogP contribution < -0.4 is 5.32 Å². The molecule has 0 spiro atoms. The number of hydrogen-bond acceptors (Lipinski definition) is 3. The summed E-state index contributed by atoms with van der Waals surface area (Å²) in [6.45, 7) is 0. The molecule has 0 atom stereocenters. The van der Waals surface area contributed by atoms with Crippen LogP contribution in [-0.4, -0.2) is 36.5 Å². The highest BCUT2D eigenvalue weighted by Gasteiger charge is 2.17. The lowest BCUT2D eigenvalue weighted by Gasteiger charge is -2.14. The molecular weight excluding hydrogens is 417 g/mol. The highest BCUT2D eigenvalue weighted by Crippen LogP contribution is 2.19. The number of rotatable bonds is 6. The third-order valence-corrected chi connectivity index (χ3v) is 4.95. The Labute approximate surface area is 185 Å². The van der Waals surface area contributed by atoms with Crippen LogP contribution in [0.25, 0.3) is 0 Å². The van der Waals surface area contributed by atoms with Crippen LogP contribution in [0.4, 0.5) is 10.1 Å². The van der Waals surface area contributed by atoms with Crippen molar-refractivity contribution in [3.05, 3.63) is 99.8 Å². The second-order valence-electron chi connectivity index (χ2n) is 7.18. The predicted octanol–water partition coefficient (Wildman–Crippen LogP) is 5.04. The Kier molecular flexibility index (Phi) is 6.82. The molecule has 2 N–H and O–H groups in total. The fraction of sp³-hybridized carbons (Fsp3) is 0.125. The number of nitrogens with zero attached hydrogens (tertiary/aromatic N) is 1. The van der Waals surface area contributed by atoms with E-state index >= 15 is 0 Å². The Morgan fingerprint density at radius 2 is 1.58 bits per heavy atom. The van der Waals surface area contributed by atoms with Gasteiger partial charge in [-0.25, -0.2) is 4.39 Å². The van der Waals surface area contributed by atoms with Gasteiger partial charge in [-0.1, -0.05) is 41.9 Å². The molecule has 0 aliphatic heterocycles. The van der Waals surface area contributed by atoms with Crippen molar-refractivity contribution in [3.63, 3.8) is 0 Å². The number of carbonyl (C=O) groups excluding carboxylic acids is 2. The number of amides is 1. The zero-order valence-electron chi connectivity index (χ0n) is 17.1. The summed E-state index contributed by atoms with van der Waals surface area (Å²) in [6.07, 6.45) is -0.0614. The van der Waals surface area contributed by atoms with Gasteiger partial charge in [0, 0.05) is 47.9 Å². The van der Waals surface area contributed by atoms with Crippen LogP contribution in [0.2, 0.25) is 5.02 Å². The number of carbonyl (C=O) groups is 2. The number of nitrogens with one attached hydrogen (secondary N) is 2. The van der Waals surface area contributed by atoms with Crippen molar-refractivity contribution in [2.24, 2.45) is 0 Å². The van der Waals surface area contributed by atoms with Gasteiger partial charge in [-0.3, -0.25) is 15.0 Å². The van der Waals surface area contributed by atoms with Crippen LogP contribution in [0.15, 0.2) is 66.7 Å². The topological polar surface area (TPSA) is 73.3 Å². The van der Waals surface area contributed by atoms with Gasteiger partial charge in [-0.15, -0.1) is 0 Å². The average Bonchev–Trinajstić information content (AvgIpc) is 2.76. The average molecular weight is 438 g/mol. The van der Waals surface area contributed by atoms with E-state index in [1.807, 2.05) is 0 Å². The van der Waals surface area contributed by atoms with E-state index in [0.29, 0.717) is 33.2 Å². The molecule has 0 saturated heterocycles. The third-order valence-electron chi connectivity index (χ3n) is 4.70. The molecule has 3 aromatic rings. The fourth-order valence-electron chi connectivity index (χ4n) is 2.99. The molecule has 0 radical (unpaired) electrons. The van der Waals surface area contributed by atoms with Crippen molar-refractivity contribution in [1.29, 1.82) is 5.41 Å². The Morgan fingerprint density at radius 3 is 2.19 bits per heavy atom. The smallest absolute Gasteiger partial charge is 0.256 e. The van der Waals surface area contributed by atoms with E-state index in [1.165, 1.54) is 12.1 Å². The first kappa shape index (κ1) is 22.2.